The van der Waals surface area contributed by atoms with Crippen LogP contribution in [0.2, 0.25) is 0 Å². The second kappa shape index (κ2) is 13.4. The highest BCUT2D eigenvalue weighted by Gasteiger charge is 2.44. The first-order chi connectivity index (χ1) is 15.8. The lowest BCUT2D eigenvalue weighted by molar-refractivity contribution is -0.152. The normalized spacial score (nSPS) is 22.4. The summed E-state index contributed by atoms with van der Waals surface area (Å²) in [4.78, 5) is 43.1. The molecule has 0 aliphatic carbocycles. The fourth-order valence-electron chi connectivity index (χ4n) is 4.63. The van der Waals surface area contributed by atoms with Gasteiger partial charge in [-0.25, -0.2) is 0 Å². The molecule has 1 fully saturated rings. The molecule has 8 nitrogen and oxygen atoms in total. The summed E-state index contributed by atoms with van der Waals surface area (Å²) in [5.74, 6) is -0.386. The summed E-state index contributed by atoms with van der Waals surface area (Å²) in [6, 6.07) is -1.00. The van der Waals surface area contributed by atoms with E-state index in [-0.39, 0.29) is 48.0 Å². The topological polar surface area (TPSA) is 88.2 Å². The fourth-order valence-corrected chi connectivity index (χ4v) is 4.63. The molecule has 1 saturated heterocycles. The summed E-state index contributed by atoms with van der Waals surface area (Å²) in [5.41, 5.74) is -0.614. The average molecular weight is 484 g/mol. The molecule has 1 rings (SSSR count). The zero-order valence-electron chi connectivity index (χ0n) is 23.1. The van der Waals surface area contributed by atoms with Crippen LogP contribution in [0.3, 0.4) is 0 Å². The van der Waals surface area contributed by atoms with Crippen LogP contribution in [0, 0.1) is 17.8 Å². The SMILES string of the molecule is CC[C@H](C)[C@@H](C(CC(=O)OCC(C)C)OC)N(C)C(=O)[C@@H](NC(=O)[C@@]1(C)CCCN1C)C(C)C. The first kappa shape index (κ1) is 30.4. The number of likely N-dealkylation sites (N-methyl/N-ethyl adjacent to an activating group) is 2. The van der Waals surface area contributed by atoms with E-state index in [0.29, 0.717) is 6.61 Å². The van der Waals surface area contributed by atoms with E-state index in [1.807, 2.05) is 41.7 Å². The van der Waals surface area contributed by atoms with Crippen LogP contribution in [-0.4, -0.2) is 85.7 Å². The Balaban J connectivity index is 3.09. The maximum absolute atomic E-state index is 13.7. The van der Waals surface area contributed by atoms with Crippen LogP contribution in [0.5, 0.6) is 0 Å². The largest absolute Gasteiger partial charge is 0.465 e. The van der Waals surface area contributed by atoms with E-state index >= 15 is 0 Å². The maximum atomic E-state index is 13.7. The molecule has 1 unspecified atom stereocenters. The molecule has 0 bridgehead atoms. The first-order valence-electron chi connectivity index (χ1n) is 12.8. The van der Waals surface area contributed by atoms with E-state index in [2.05, 4.69) is 24.1 Å². The Morgan fingerprint density at radius 2 is 1.76 bits per heavy atom. The summed E-state index contributed by atoms with van der Waals surface area (Å²) in [5, 5.41) is 3.05. The number of nitrogens with one attached hydrogen (secondary N) is 1. The van der Waals surface area contributed by atoms with Gasteiger partial charge < -0.3 is 19.7 Å². The smallest absolute Gasteiger partial charge is 0.308 e. The highest BCUT2D eigenvalue weighted by Crippen LogP contribution is 2.28. The Kier molecular flexibility index (Phi) is 12.0. The minimum absolute atomic E-state index is 0.0669. The third-order valence-corrected chi connectivity index (χ3v) is 7.36. The van der Waals surface area contributed by atoms with Crippen LogP contribution in [0.25, 0.3) is 0 Å². The number of rotatable bonds is 13. The lowest BCUT2D eigenvalue weighted by atomic mass is 9.89. The number of carbonyl (C=O) groups is 3. The molecular formula is C26H49N3O5. The van der Waals surface area contributed by atoms with Gasteiger partial charge in [0, 0.05) is 14.2 Å². The number of ether oxygens (including phenoxy) is 2. The minimum atomic E-state index is -0.666. The van der Waals surface area contributed by atoms with Gasteiger partial charge in [0.05, 0.1) is 30.7 Å². The van der Waals surface area contributed by atoms with Gasteiger partial charge in [-0.15, -0.1) is 0 Å². The second-order valence-electron chi connectivity index (χ2n) is 10.9. The summed E-state index contributed by atoms with van der Waals surface area (Å²) in [6.45, 7) is 15.1. The van der Waals surface area contributed by atoms with Crippen molar-refractivity contribution in [3.8, 4) is 0 Å². The van der Waals surface area contributed by atoms with Crippen molar-refractivity contribution in [2.75, 3.05) is 34.4 Å². The van der Waals surface area contributed by atoms with Crippen molar-refractivity contribution < 1.29 is 23.9 Å². The van der Waals surface area contributed by atoms with E-state index in [1.54, 1.807) is 19.1 Å². The first-order valence-corrected chi connectivity index (χ1v) is 12.8. The monoisotopic (exact) mass is 483 g/mol. The lowest BCUT2D eigenvalue weighted by Crippen LogP contribution is -2.61. The van der Waals surface area contributed by atoms with Gasteiger partial charge >= 0.3 is 5.97 Å². The Hall–Kier alpha value is -1.67. The van der Waals surface area contributed by atoms with E-state index in [0.717, 1.165) is 25.8 Å². The van der Waals surface area contributed by atoms with Crippen molar-refractivity contribution in [2.45, 2.75) is 97.9 Å². The van der Waals surface area contributed by atoms with Gasteiger partial charge in [0.2, 0.25) is 11.8 Å². The molecule has 2 amide bonds. The van der Waals surface area contributed by atoms with E-state index in [4.69, 9.17) is 9.47 Å². The molecule has 1 N–H and O–H groups in total. The van der Waals surface area contributed by atoms with Crippen molar-refractivity contribution in [1.29, 1.82) is 0 Å². The van der Waals surface area contributed by atoms with Crippen LogP contribution in [0.15, 0.2) is 0 Å². The molecule has 1 heterocycles. The van der Waals surface area contributed by atoms with Gasteiger partial charge in [0.15, 0.2) is 0 Å². The number of carbonyl (C=O) groups excluding carboxylic acids is 3. The molecule has 34 heavy (non-hydrogen) atoms. The quantitative estimate of drug-likeness (QED) is 0.405. The Morgan fingerprint density at radius 3 is 2.21 bits per heavy atom. The van der Waals surface area contributed by atoms with Gasteiger partial charge in [0.1, 0.15) is 6.04 Å². The van der Waals surface area contributed by atoms with Crippen LogP contribution >= 0.6 is 0 Å². The Morgan fingerprint density at radius 1 is 1.15 bits per heavy atom. The summed E-state index contributed by atoms with van der Waals surface area (Å²) >= 11 is 0. The second-order valence-corrected chi connectivity index (χ2v) is 10.9. The Labute approximate surface area is 207 Å². The number of esters is 1. The molecule has 0 saturated carbocycles. The molecule has 8 heteroatoms. The average Bonchev–Trinajstić information content (AvgIpc) is 3.13. The fraction of sp³-hybridized carbons (Fsp3) is 0.885. The predicted octanol–water partition coefficient (Wildman–Crippen LogP) is 3.09. The number of amides is 2. The van der Waals surface area contributed by atoms with Crippen molar-refractivity contribution in [2.24, 2.45) is 17.8 Å². The summed E-state index contributed by atoms with van der Waals surface area (Å²) in [6.07, 6.45) is 2.09. The maximum Gasteiger partial charge on any atom is 0.308 e. The van der Waals surface area contributed by atoms with Crippen molar-refractivity contribution in [3.63, 3.8) is 0 Å². The van der Waals surface area contributed by atoms with Crippen molar-refractivity contribution in [1.82, 2.24) is 15.1 Å². The summed E-state index contributed by atoms with van der Waals surface area (Å²) in [7, 11) is 5.26. The van der Waals surface area contributed by atoms with Crippen LogP contribution in [0.1, 0.15) is 74.1 Å². The summed E-state index contributed by atoms with van der Waals surface area (Å²) < 4.78 is 11.1. The van der Waals surface area contributed by atoms with E-state index < -0.39 is 17.7 Å². The van der Waals surface area contributed by atoms with Gasteiger partial charge in [-0.2, -0.15) is 0 Å². The zero-order chi connectivity index (χ0) is 26.2. The highest BCUT2D eigenvalue weighted by atomic mass is 16.5. The van der Waals surface area contributed by atoms with Crippen LogP contribution < -0.4 is 5.32 Å². The molecule has 198 valence electrons. The number of hydrogen-bond donors (Lipinski definition) is 1. The molecule has 0 aromatic carbocycles. The van der Waals surface area contributed by atoms with E-state index in [9.17, 15) is 14.4 Å². The number of hydrogen-bond acceptors (Lipinski definition) is 6. The zero-order valence-corrected chi connectivity index (χ0v) is 23.1. The van der Waals surface area contributed by atoms with Crippen LogP contribution in [0.4, 0.5) is 0 Å². The molecule has 0 spiro atoms. The number of nitrogens with zero attached hydrogens (tertiary/aromatic N) is 2. The molecule has 0 aromatic rings. The van der Waals surface area contributed by atoms with Crippen LogP contribution in [-0.2, 0) is 23.9 Å². The van der Waals surface area contributed by atoms with E-state index in [1.165, 1.54) is 0 Å². The minimum Gasteiger partial charge on any atom is -0.465 e. The number of methoxy groups -OCH3 is 1. The molecule has 0 aromatic heterocycles. The standard InChI is InChI=1S/C26H49N3O5/c1-11-19(6)23(20(33-10)15-21(30)34-16-17(2)3)29(9)24(31)22(18(4)5)27-25(32)26(7)13-12-14-28(26)8/h17-20,22-23H,11-16H2,1-10H3,(H,27,32)/t19-,20?,22-,23-,26+/m0/s1. The molecule has 1 aliphatic heterocycles. The van der Waals surface area contributed by atoms with Gasteiger partial charge in [-0.1, -0.05) is 48.0 Å². The number of likely N-dealkylation sites (tertiary alicyclic amines) is 1. The molecule has 5 atom stereocenters. The van der Waals surface area contributed by atoms with Crippen molar-refractivity contribution in [3.05, 3.63) is 0 Å². The lowest BCUT2D eigenvalue weighted by Gasteiger charge is -2.40. The molecular weight excluding hydrogens is 434 g/mol. The highest BCUT2D eigenvalue weighted by molar-refractivity contribution is 5.92. The van der Waals surface area contributed by atoms with Gasteiger partial charge in [0.25, 0.3) is 0 Å². The van der Waals surface area contributed by atoms with Gasteiger partial charge in [-0.3, -0.25) is 19.3 Å². The third-order valence-electron chi connectivity index (χ3n) is 7.36. The molecule has 1 aliphatic rings. The predicted molar refractivity (Wildman–Crippen MR) is 134 cm³/mol. The Bertz CT molecular complexity index is 683. The molecule has 0 radical (unpaired) electrons. The van der Waals surface area contributed by atoms with Gasteiger partial charge in [-0.05, 0) is 51.1 Å². The van der Waals surface area contributed by atoms with Crippen molar-refractivity contribution >= 4 is 17.8 Å². The third kappa shape index (κ3) is 7.67.